The molecule has 0 aliphatic rings. The number of hydrogen-bond acceptors (Lipinski definition) is 4. The normalized spacial score (nSPS) is 10.2. The zero-order valence-electron chi connectivity index (χ0n) is 9.52. The van der Waals surface area contributed by atoms with E-state index in [9.17, 15) is 4.79 Å². The van der Waals surface area contributed by atoms with E-state index in [1.54, 1.807) is 18.2 Å². The van der Waals surface area contributed by atoms with Crippen molar-refractivity contribution in [2.24, 2.45) is 0 Å². The minimum Gasteiger partial charge on any atom is -0.478 e. The van der Waals surface area contributed by atoms with Crippen LogP contribution >= 0.6 is 23.2 Å². The number of nitrogen functional groups attached to an aromatic ring is 1. The molecule has 0 atom stereocenters. The Balaban J connectivity index is 2.37. The first-order valence-electron chi connectivity index (χ1n) is 5.18. The van der Waals surface area contributed by atoms with Gasteiger partial charge in [0.2, 0.25) is 0 Å². The van der Waals surface area contributed by atoms with Crippen LogP contribution in [-0.4, -0.2) is 16.1 Å². The molecule has 7 heteroatoms. The number of carboxylic acids is 1. The highest BCUT2D eigenvalue weighted by Crippen LogP contribution is 2.27. The number of anilines is 3. The monoisotopic (exact) mass is 297 g/mol. The van der Waals surface area contributed by atoms with Crippen LogP contribution in [0.5, 0.6) is 0 Å². The van der Waals surface area contributed by atoms with Gasteiger partial charge in [-0.05, 0) is 24.3 Å². The molecule has 19 heavy (non-hydrogen) atoms. The van der Waals surface area contributed by atoms with E-state index in [-0.39, 0.29) is 17.1 Å². The average Bonchev–Trinajstić information content (AvgIpc) is 2.36. The summed E-state index contributed by atoms with van der Waals surface area (Å²) in [6, 6.07) is 6.17. The Labute approximate surface area is 119 Å². The van der Waals surface area contributed by atoms with E-state index >= 15 is 0 Å². The van der Waals surface area contributed by atoms with Crippen LogP contribution in [-0.2, 0) is 0 Å². The molecule has 0 bridgehead atoms. The van der Waals surface area contributed by atoms with E-state index in [1.807, 2.05) is 0 Å². The third-order valence-electron chi connectivity index (χ3n) is 2.32. The Kier molecular flexibility index (Phi) is 3.78. The lowest BCUT2D eigenvalue weighted by Gasteiger charge is -2.09. The molecule has 0 radical (unpaired) electrons. The van der Waals surface area contributed by atoms with E-state index in [0.717, 1.165) is 0 Å². The van der Waals surface area contributed by atoms with Gasteiger partial charge < -0.3 is 16.2 Å². The quantitative estimate of drug-likeness (QED) is 0.808. The molecule has 0 unspecified atom stereocenters. The maximum atomic E-state index is 11.1. The number of carbonyl (C=O) groups is 1. The van der Waals surface area contributed by atoms with Gasteiger partial charge in [-0.1, -0.05) is 23.2 Å². The van der Waals surface area contributed by atoms with E-state index in [0.29, 0.717) is 15.7 Å². The molecule has 0 aliphatic carbocycles. The predicted molar refractivity (Wildman–Crippen MR) is 75.4 cm³/mol. The first-order chi connectivity index (χ1) is 8.97. The fourth-order valence-electron chi connectivity index (χ4n) is 1.45. The highest BCUT2D eigenvalue weighted by atomic mass is 35.5. The van der Waals surface area contributed by atoms with Gasteiger partial charge in [-0.15, -0.1) is 0 Å². The molecule has 4 N–H and O–H groups in total. The fourth-order valence-corrected chi connectivity index (χ4v) is 1.75. The Bertz CT molecular complexity index is 647. The minimum atomic E-state index is -1.12. The number of halogens is 2. The Morgan fingerprint density at radius 2 is 2.00 bits per heavy atom. The molecule has 98 valence electrons. The Hall–Kier alpha value is -1.98. The van der Waals surface area contributed by atoms with E-state index in [1.165, 1.54) is 12.3 Å². The number of aromatic carboxylic acids is 1. The lowest BCUT2D eigenvalue weighted by molar-refractivity contribution is 0.0697. The van der Waals surface area contributed by atoms with Crippen molar-refractivity contribution in [2.75, 3.05) is 11.1 Å². The summed E-state index contributed by atoms with van der Waals surface area (Å²) in [5, 5.41) is 12.7. The molecule has 1 aromatic heterocycles. The largest absolute Gasteiger partial charge is 0.478 e. The standard InChI is InChI=1S/C12H9Cl2N3O2/c13-9-2-1-7(4-10(9)14)17-11-8(12(18)19)3-6(15)5-16-11/h1-5H,15H2,(H,16,17)(H,18,19). The molecule has 2 aromatic rings. The third kappa shape index (κ3) is 3.07. The van der Waals surface area contributed by atoms with Crippen LogP contribution in [0.4, 0.5) is 17.2 Å². The van der Waals surface area contributed by atoms with Gasteiger partial charge in [-0.2, -0.15) is 0 Å². The lowest BCUT2D eigenvalue weighted by Crippen LogP contribution is -2.06. The predicted octanol–water partition coefficient (Wildman–Crippen LogP) is 3.41. The number of aromatic nitrogens is 1. The van der Waals surface area contributed by atoms with Gasteiger partial charge in [-0.25, -0.2) is 9.78 Å². The molecular weight excluding hydrogens is 289 g/mol. The van der Waals surface area contributed by atoms with Gasteiger partial charge in [0, 0.05) is 5.69 Å². The van der Waals surface area contributed by atoms with Gasteiger partial charge in [0.1, 0.15) is 11.4 Å². The van der Waals surface area contributed by atoms with E-state index in [2.05, 4.69) is 10.3 Å². The van der Waals surface area contributed by atoms with Gasteiger partial charge in [-0.3, -0.25) is 0 Å². The van der Waals surface area contributed by atoms with Crippen molar-refractivity contribution in [3.63, 3.8) is 0 Å². The zero-order chi connectivity index (χ0) is 14.0. The number of hydrogen-bond donors (Lipinski definition) is 3. The van der Waals surface area contributed by atoms with Crippen molar-refractivity contribution in [2.45, 2.75) is 0 Å². The zero-order valence-corrected chi connectivity index (χ0v) is 11.0. The fraction of sp³-hybridized carbons (Fsp3) is 0. The number of carboxylic acid groups (broad SMARTS) is 1. The van der Waals surface area contributed by atoms with Gasteiger partial charge in [0.25, 0.3) is 0 Å². The SMILES string of the molecule is Nc1cnc(Nc2ccc(Cl)c(Cl)c2)c(C(=O)O)c1. The Morgan fingerprint density at radius 3 is 2.63 bits per heavy atom. The number of nitrogens with zero attached hydrogens (tertiary/aromatic N) is 1. The summed E-state index contributed by atoms with van der Waals surface area (Å²) >= 11 is 11.7. The average molecular weight is 298 g/mol. The number of pyridine rings is 1. The van der Waals surface area contributed by atoms with Crippen LogP contribution in [0.1, 0.15) is 10.4 Å². The van der Waals surface area contributed by atoms with Crippen LogP contribution in [0.3, 0.4) is 0 Å². The summed E-state index contributed by atoms with van der Waals surface area (Å²) in [5.41, 5.74) is 6.34. The summed E-state index contributed by atoms with van der Waals surface area (Å²) in [5.74, 6) is -0.942. The second-order valence-electron chi connectivity index (χ2n) is 3.72. The topological polar surface area (TPSA) is 88.2 Å². The molecular formula is C12H9Cl2N3O2. The minimum absolute atomic E-state index is 0.0222. The van der Waals surface area contributed by atoms with Crippen molar-refractivity contribution in [1.82, 2.24) is 4.98 Å². The van der Waals surface area contributed by atoms with Gasteiger partial charge in [0.15, 0.2) is 0 Å². The van der Waals surface area contributed by atoms with Gasteiger partial charge in [0.05, 0.1) is 21.9 Å². The van der Waals surface area contributed by atoms with Crippen molar-refractivity contribution >= 4 is 46.4 Å². The Morgan fingerprint density at radius 1 is 1.26 bits per heavy atom. The molecule has 0 aliphatic heterocycles. The molecule has 0 fully saturated rings. The second-order valence-corrected chi connectivity index (χ2v) is 4.54. The lowest BCUT2D eigenvalue weighted by atomic mass is 10.2. The smallest absolute Gasteiger partial charge is 0.339 e. The summed E-state index contributed by atoms with van der Waals surface area (Å²) < 4.78 is 0. The third-order valence-corrected chi connectivity index (χ3v) is 3.06. The molecule has 1 heterocycles. The number of nitrogens with one attached hydrogen (secondary N) is 1. The van der Waals surface area contributed by atoms with Crippen molar-refractivity contribution in [3.05, 3.63) is 46.1 Å². The van der Waals surface area contributed by atoms with Crippen LogP contribution in [0, 0.1) is 0 Å². The summed E-state index contributed by atoms with van der Waals surface area (Å²) in [6.45, 7) is 0. The molecule has 2 rings (SSSR count). The molecule has 0 saturated heterocycles. The van der Waals surface area contributed by atoms with E-state index in [4.69, 9.17) is 34.0 Å². The van der Waals surface area contributed by atoms with Crippen LogP contribution in [0.2, 0.25) is 10.0 Å². The molecule has 0 amide bonds. The van der Waals surface area contributed by atoms with Gasteiger partial charge >= 0.3 is 5.97 Å². The first kappa shape index (κ1) is 13.5. The summed E-state index contributed by atoms with van der Waals surface area (Å²) in [6.07, 6.45) is 1.37. The van der Waals surface area contributed by atoms with Crippen LogP contribution in [0.15, 0.2) is 30.5 Å². The highest BCUT2D eigenvalue weighted by Gasteiger charge is 2.12. The summed E-state index contributed by atoms with van der Waals surface area (Å²) in [7, 11) is 0. The van der Waals surface area contributed by atoms with E-state index < -0.39 is 5.97 Å². The second kappa shape index (κ2) is 5.34. The number of benzene rings is 1. The molecule has 0 saturated carbocycles. The maximum absolute atomic E-state index is 11.1. The summed E-state index contributed by atoms with van der Waals surface area (Å²) in [4.78, 5) is 15.1. The van der Waals surface area contributed by atoms with Crippen molar-refractivity contribution in [3.8, 4) is 0 Å². The van der Waals surface area contributed by atoms with Crippen LogP contribution < -0.4 is 11.1 Å². The molecule has 0 spiro atoms. The first-order valence-corrected chi connectivity index (χ1v) is 5.94. The van der Waals surface area contributed by atoms with Crippen molar-refractivity contribution < 1.29 is 9.90 Å². The number of rotatable bonds is 3. The number of nitrogens with two attached hydrogens (primary N) is 1. The highest BCUT2D eigenvalue weighted by molar-refractivity contribution is 6.42. The molecule has 1 aromatic carbocycles. The molecule has 5 nitrogen and oxygen atoms in total. The van der Waals surface area contributed by atoms with Crippen molar-refractivity contribution in [1.29, 1.82) is 0 Å². The van der Waals surface area contributed by atoms with Crippen LogP contribution in [0.25, 0.3) is 0 Å². The maximum Gasteiger partial charge on any atom is 0.339 e.